The summed E-state index contributed by atoms with van der Waals surface area (Å²) < 4.78 is 14.0. The largest absolute Gasteiger partial charge is 0.490 e. The van der Waals surface area contributed by atoms with Crippen molar-refractivity contribution in [2.24, 2.45) is 0 Å². The van der Waals surface area contributed by atoms with Crippen molar-refractivity contribution in [3.05, 3.63) is 76.6 Å². The maximum Gasteiger partial charge on any atom is 0.163 e. The second-order valence-corrected chi connectivity index (χ2v) is 7.27. The first-order chi connectivity index (χ1) is 13.6. The zero-order valence-corrected chi connectivity index (χ0v) is 17.1. The van der Waals surface area contributed by atoms with Crippen LogP contribution in [0.2, 0.25) is 0 Å². The third-order valence-electron chi connectivity index (χ3n) is 5.31. The van der Waals surface area contributed by atoms with Crippen molar-refractivity contribution in [1.82, 2.24) is 9.88 Å². The van der Waals surface area contributed by atoms with E-state index in [9.17, 15) is 0 Å². The summed E-state index contributed by atoms with van der Waals surface area (Å²) in [6.45, 7) is 10.3. The standard InChI is InChI=1S/C24H28N2O2/c1-5-27-22-13-18-15-25-24(19-10-9-16(3)12-17(19)4)20-8-7-11-26(20)21(18)14-23(22)28-6-2/h7-14,24-25H,5-6,15H2,1-4H3/t24-/m1/s1. The molecule has 0 radical (unpaired) electrons. The highest BCUT2D eigenvalue weighted by Crippen LogP contribution is 2.38. The smallest absolute Gasteiger partial charge is 0.163 e. The summed E-state index contributed by atoms with van der Waals surface area (Å²) in [7, 11) is 0. The Morgan fingerprint density at radius 2 is 1.75 bits per heavy atom. The van der Waals surface area contributed by atoms with Gasteiger partial charge in [0.15, 0.2) is 11.5 Å². The Kier molecular flexibility index (Phi) is 5.14. The molecule has 0 saturated heterocycles. The van der Waals surface area contributed by atoms with Crippen LogP contribution in [-0.4, -0.2) is 17.8 Å². The molecule has 3 aromatic rings. The number of benzene rings is 2. The topological polar surface area (TPSA) is 35.4 Å². The lowest BCUT2D eigenvalue weighted by Gasteiger charge is -2.20. The molecule has 1 N–H and O–H groups in total. The molecule has 0 amide bonds. The van der Waals surface area contributed by atoms with E-state index in [-0.39, 0.29) is 6.04 Å². The van der Waals surface area contributed by atoms with Gasteiger partial charge in [0.1, 0.15) is 0 Å². The fraction of sp³-hybridized carbons (Fsp3) is 0.333. The Morgan fingerprint density at radius 3 is 2.46 bits per heavy atom. The van der Waals surface area contributed by atoms with Gasteiger partial charge in [0.2, 0.25) is 0 Å². The van der Waals surface area contributed by atoms with Crippen LogP contribution >= 0.6 is 0 Å². The van der Waals surface area contributed by atoms with Crippen LogP contribution in [0.4, 0.5) is 0 Å². The number of nitrogens with one attached hydrogen (secondary N) is 1. The predicted molar refractivity (Wildman–Crippen MR) is 113 cm³/mol. The van der Waals surface area contributed by atoms with E-state index in [0.717, 1.165) is 23.7 Å². The Labute approximate surface area is 167 Å². The Bertz CT molecular complexity index is 990. The zero-order valence-electron chi connectivity index (χ0n) is 17.1. The maximum atomic E-state index is 5.87. The van der Waals surface area contributed by atoms with E-state index >= 15 is 0 Å². The summed E-state index contributed by atoms with van der Waals surface area (Å²) in [5.41, 5.74) is 7.49. The minimum Gasteiger partial charge on any atom is -0.490 e. The maximum absolute atomic E-state index is 5.87. The quantitative estimate of drug-likeness (QED) is 0.674. The Balaban J connectivity index is 1.83. The molecular formula is C24H28N2O2. The average Bonchev–Trinajstić information content (AvgIpc) is 3.09. The molecule has 0 unspecified atom stereocenters. The van der Waals surface area contributed by atoms with Crippen molar-refractivity contribution in [2.45, 2.75) is 40.3 Å². The van der Waals surface area contributed by atoms with Crippen LogP contribution in [0.1, 0.15) is 47.8 Å². The van der Waals surface area contributed by atoms with Crippen LogP contribution < -0.4 is 14.8 Å². The molecule has 0 fully saturated rings. The van der Waals surface area contributed by atoms with Gasteiger partial charge in [-0.3, -0.25) is 0 Å². The zero-order chi connectivity index (χ0) is 19.7. The van der Waals surface area contributed by atoms with Gasteiger partial charge in [-0.15, -0.1) is 0 Å². The van der Waals surface area contributed by atoms with Crippen molar-refractivity contribution < 1.29 is 9.47 Å². The van der Waals surface area contributed by atoms with E-state index in [1.807, 2.05) is 13.8 Å². The lowest BCUT2D eigenvalue weighted by molar-refractivity contribution is 0.287. The highest BCUT2D eigenvalue weighted by molar-refractivity contribution is 5.57. The summed E-state index contributed by atoms with van der Waals surface area (Å²) in [6.07, 6.45) is 2.13. The Morgan fingerprint density at radius 1 is 1.00 bits per heavy atom. The van der Waals surface area contributed by atoms with Crippen LogP contribution in [0.15, 0.2) is 48.7 Å². The van der Waals surface area contributed by atoms with Gasteiger partial charge in [0, 0.05) is 24.5 Å². The van der Waals surface area contributed by atoms with Crippen LogP contribution in [0.25, 0.3) is 5.69 Å². The van der Waals surface area contributed by atoms with E-state index < -0.39 is 0 Å². The molecule has 0 aliphatic carbocycles. The SMILES string of the molecule is CCOc1cc2c(cc1OCC)-n1cccc1[C@@H](c1ccc(C)cc1C)NC2. The Hall–Kier alpha value is -2.72. The molecule has 1 aromatic heterocycles. The van der Waals surface area contributed by atoms with Crippen molar-refractivity contribution in [1.29, 1.82) is 0 Å². The van der Waals surface area contributed by atoms with Crippen molar-refractivity contribution in [3.8, 4) is 17.2 Å². The molecule has 0 bridgehead atoms. The molecule has 2 aromatic carbocycles. The number of aromatic nitrogens is 1. The molecule has 4 heteroatoms. The highest BCUT2D eigenvalue weighted by Gasteiger charge is 2.25. The summed E-state index contributed by atoms with van der Waals surface area (Å²) in [5, 5.41) is 3.76. The first-order valence-electron chi connectivity index (χ1n) is 10.0. The summed E-state index contributed by atoms with van der Waals surface area (Å²) >= 11 is 0. The molecule has 2 heterocycles. The van der Waals surface area contributed by atoms with Gasteiger partial charge < -0.3 is 19.4 Å². The van der Waals surface area contributed by atoms with E-state index in [0.29, 0.717) is 13.2 Å². The van der Waals surface area contributed by atoms with E-state index in [4.69, 9.17) is 9.47 Å². The molecule has 1 aliphatic heterocycles. The molecule has 1 atom stereocenters. The minimum absolute atomic E-state index is 0.133. The molecular weight excluding hydrogens is 348 g/mol. The first kappa shape index (κ1) is 18.6. The molecule has 28 heavy (non-hydrogen) atoms. The third kappa shape index (κ3) is 3.29. The number of aryl methyl sites for hydroxylation is 2. The number of nitrogens with zero attached hydrogens (tertiary/aromatic N) is 1. The lowest BCUT2D eigenvalue weighted by Crippen LogP contribution is -2.22. The van der Waals surface area contributed by atoms with Gasteiger partial charge in [-0.25, -0.2) is 0 Å². The van der Waals surface area contributed by atoms with Gasteiger partial charge in [-0.1, -0.05) is 23.8 Å². The second-order valence-electron chi connectivity index (χ2n) is 7.27. The fourth-order valence-corrected chi connectivity index (χ4v) is 4.08. The van der Waals surface area contributed by atoms with Crippen LogP contribution in [0.5, 0.6) is 11.5 Å². The average molecular weight is 377 g/mol. The van der Waals surface area contributed by atoms with Gasteiger partial charge in [-0.2, -0.15) is 0 Å². The van der Waals surface area contributed by atoms with Crippen molar-refractivity contribution >= 4 is 0 Å². The van der Waals surface area contributed by atoms with Crippen molar-refractivity contribution in [3.63, 3.8) is 0 Å². The summed E-state index contributed by atoms with van der Waals surface area (Å²) in [4.78, 5) is 0. The summed E-state index contributed by atoms with van der Waals surface area (Å²) in [6, 6.07) is 15.4. The molecule has 4 nitrogen and oxygen atoms in total. The first-order valence-corrected chi connectivity index (χ1v) is 10.0. The lowest BCUT2D eigenvalue weighted by atomic mass is 9.97. The number of ether oxygens (including phenoxy) is 2. The van der Waals surface area contributed by atoms with Crippen molar-refractivity contribution in [2.75, 3.05) is 13.2 Å². The number of rotatable bonds is 5. The van der Waals surface area contributed by atoms with Crippen LogP contribution in [-0.2, 0) is 6.54 Å². The minimum atomic E-state index is 0.133. The number of hydrogen-bond donors (Lipinski definition) is 1. The molecule has 1 aliphatic rings. The molecule has 146 valence electrons. The predicted octanol–water partition coefficient (Wildman–Crippen LogP) is 5.08. The van der Waals surface area contributed by atoms with E-state index in [1.54, 1.807) is 0 Å². The van der Waals surface area contributed by atoms with Crippen LogP contribution in [0.3, 0.4) is 0 Å². The third-order valence-corrected chi connectivity index (χ3v) is 5.31. The normalized spacial score (nSPS) is 15.5. The fourth-order valence-electron chi connectivity index (χ4n) is 4.08. The monoisotopic (exact) mass is 376 g/mol. The van der Waals surface area contributed by atoms with Gasteiger partial charge in [0.25, 0.3) is 0 Å². The number of hydrogen-bond acceptors (Lipinski definition) is 3. The highest BCUT2D eigenvalue weighted by atomic mass is 16.5. The van der Waals surface area contributed by atoms with E-state index in [1.165, 1.54) is 27.9 Å². The summed E-state index contributed by atoms with van der Waals surface area (Å²) in [5.74, 6) is 1.61. The number of fused-ring (bicyclic) bond motifs is 3. The van der Waals surface area contributed by atoms with Crippen LogP contribution in [0, 0.1) is 13.8 Å². The van der Waals surface area contributed by atoms with Gasteiger partial charge in [0.05, 0.1) is 24.9 Å². The van der Waals surface area contributed by atoms with E-state index in [2.05, 4.69) is 72.4 Å². The molecule has 0 spiro atoms. The van der Waals surface area contributed by atoms with Gasteiger partial charge in [-0.05, 0) is 62.6 Å². The molecule has 4 rings (SSSR count). The molecule has 0 saturated carbocycles. The second kappa shape index (κ2) is 7.72. The van der Waals surface area contributed by atoms with Gasteiger partial charge >= 0.3 is 0 Å².